The van der Waals surface area contributed by atoms with Crippen LogP contribution in [0.25, 0.3) is 0 Å². The predicted molar refractivity (Wildman–Crippen MR) is 82.0 cm³/mol. The molecule has 0 aliphatic heterocycles. The van der Waals surface area contributed by atoms with Crippen LogP contribution in [-0.4, -0.2) is 24.2 Å². The van der Waals surface area contributed by atoms with Crippen molar-refractivity contribution in [2.24, 2.45) is 5.73 Å². The van der Waals surface area contributed by atoms with Gasteiger partial charge >= 0.3 is 0 Å². The highest BCUT2D eigenvalue weighted by Gasteiger charge is 2.10. The molecule has 0 saturated carbocycles. The summed E-state index contributed by atoms with van der Waals surface area (Å²) in [6.07, 6.45) is 1.00. The SMILES string of the molecule is CCOc1ccc(C(C)=O)cc1CSC(C)CCN. The summed E-state index contributed by atoms with van der Waals surface area (Å²) in [6.45, 7) is 7.07. The highest BCUT2D eigenvalue weighted by Crippen LogP contribution is 2.27. The first-order valence-corrected chi connectivity index (χ1v) is 7.71. The molecule has 4 heteroatoms. The number of rotatable bonds is 8. The molecule has 106 valence electrons. The first kappa shape index (κ1) is 16.1. The van der Waals surface area contributed by atoms with Crippen molar-refractivity contribution >= 4 is 17.5 Å². The molecule has 0 saturated heterocycles. The average Bonchev–Trinajstić information content (AvgIpc) is 2.38. The summed E-state index contributed by atoms with van der Waals surface area (Å²) < 4.78 is 5.61. The Balaban J connectivity index is 2.81. The number of ether oxygens (including phenoxy) is 1. The van der Waals surface area contributed by atoms with E-state index in [0.29, 0.717) is 18.4 Å². The fourth-order valence-electron chi connectivity index (χ4n) is 1.76. The minimum atomic E-state index is 0.0873. The summed E-state index contributed by atoms with van der Waals surface area (Å²) in [5.74, 6) is 1.81. The third-order valence-electron chi connectivity index (χ3n) is 2.86. The van der Waals surface area contributed by atoms with Crippen molar-refractivity contribution in [1.29, 1.82) is 0 Å². The molecular formula is C15H23NO2S. The third-order valence-corrected chi connectivity index (χ3v) is 4.15. The Labute approximate surface area is 119 Å². The number of carbonyl (C=O) groups is 1. The largest absolute Gasteiger partial charge is 0.494 e. The van der Waals surface area contributed by atoms with Gasteiger partial charge in [0.15, 0.2) is 5.78 Å². The summed E-state index contributed by atoms with van der Waals surface area (Å²) in [5.41, 5.74) is 7.38. The zero-order valence-electron chi connectivity index (χ0n) is 11.9. The van der Waals surface area contributed by atoms with Crippen LogP contribution in [0.1, 0.15) is 43.1 Å². The van der Waals surface area contributed by atoms with Gasteiger partial charge in [-0.3, -0.25) is 4.79 Å². The van der Waals surface area contributed by atoms with E-state index in [1.807, 2.05) is 36.9 Å². The molecule has 0 aliphatic rings. The number of carbonyl (C=O) groups excluding carboxylic acids is 1. The monoisotopic (exact) mass is 281 g/mol. The zero-order chi connectivity index (χ0) is 14.3. The number of nitrogens with two attached hydrogens (primary N) is 1. The van der Waals surface area contributed by atoms with Gasteiger partial charge in [0.25, 0.3) is 0 Å². The molecule has 0 amide bonds. The Hall–Kier alpha value is -1.00. The number of Topliss-reactive ketones (excluding diaryl/α,β-unsaturated/α-hetero) is 1. The van der Waals surface area contributed by atoms with Gasteiger partial charge in [-0.25, -0.2) is 0 Å². The number of hydrogen-bond donors (Lipinski definition) is 1. The van der Waals surface area contributed by atoms with Crippen LogP contribution in [0.3, 0.4) is 0 Å². The minimum absolute atomic E-state index is 0.0873. The number of ketones is 1. The highest BCUT2D eigenvalue weighted by atomic mass is 32.2. The van der Waals surface area contributed by atoms with Crippen molar-refractivity contribution in [3.8, 4) is 5.75 Å². The molecule has 1 atom stereocenters. The van der Waals surface area contributed by atoms with Gasteiger partial charge in [0.05, 0.1) is 6.61 Å². The van der Waals surface area contributed by atoms with Gasteiger partial charge in [-0.2, -0.15) is 11.8 Å². The molecule has 0 aromatic heterocycles. The van der Waals surface area contributed by atoms with E-state index in [2.05, 4.69) is 6.92 Å². The second-order valence-electron chi connectivity index (χ2n) is 4.51. The van der Waals surface area contributed by atoms with Crippen molar-refractivity contribution in [3.05, 3.63) is 29.3 Å². The van der Waals surface area contributed by atoms with E-state index in [0.717, 1.165) is 29.1 Å². The van der Waals surface area contributed by atoms with Gasteiger partial charge in [0.1, 0.15) is 5.75 Å². The summed E-state index contributed by atoms with van der Waals surface area (Å²) in [4.78, 5) is 11.4. The standard InChI is InChI=1S/C15H23NO2S/c1-4-18-15-6-5-13(12(3)17)9-14(15)10-19-11(2)7-8-16/h5-6,9,11H,4,7-8,10,16H2,1-3H3. The van der Waals surface area contributed by atoms with E-state index < -0.39 is 0 Å². The van der Waals surface area contributed by atoms with Gasteiger partial charge in [0, 0.05) is 22.1 Å². The Morgan fingerprint density at radius 2 is 2.21 bits per heavy atom. The second-order valence-corrected chi connectivity index (χ2v) is 5.94. The van der Waals surface area contributed by atoms with Crippen molar-refractivity contribution < 1.29 is 9.53 Å². The molecule has 0 heterocycles. The molecule has 0 spiro atoms. The highest BCUT2D eigenvalue weighted by molar-refractivity contribution is 7.99. The van der Waals surface area contributed by atoms with Gasteiger partial charge in [-0.15, -0.1) is 0 Å². The lowest BCUT2D eigenvalue weighted by atomic mass is 10.1. The molecule has 3 nitrogen and oxygen atoms in total. The minimum Gasteiger partial charge on any atom is -0.494 e. The molecule has 19 heavy (non-hydrogen) atoms. The van der Waals surface area contributed by atoms with E-state index >= 15 is 0 Å². The van der Waals surface area contributed by atoms with Gasteiger partial charge in [0.2, 0.25) is 0 Å². The molecule has 0 fully saturated rings. The molecule has 1 aromatic rings. The fraction of sp³-hybridized carbons (Fsp3) is 0.533. The van der Waals surface area contributed by atoms with E-state index in [4.69, 9.17) is 10.5 Å². The van der Waals surface area contributed by atoms with Crippen molar-refractivity contribution in [2.75, 3.05) is 13.2 Å². The Kier molecular flexibility index (Phi) is 6.95. The van der Waals surface area contributed by atoms with Crippen molar-refractivity contribution in [1.82, 2.24) is 0 Å². The van der Waals surface area contributed by atoms with Crippen LogP contribution in [-0.2, 0) is 5.75 Å². The van der Waals surface area contributed by atoms with E-state index in [-0.39, 0.29) is 5.78 Å². The maximum atomic E-state index is 11.4. The Morgan fingerprint density at radius 3 is 2.79 bits per heavy atom. The molecule has 0 radical (unpaired) electrons. The normalized spacial score (nSPS) is 12.2. The number of hydrogen-bond acceptors (Lipinski definition) is 4. The van der Waals surface area contributed by atoms with E-state index in [1.165, 1.54) is 0 Å². The lowest BCUT2D eigenvalue weighted by Crippen LogP contribution is -2.07. The van der Waals surface area contributed by atoms with Gasteiger partial charge < -0.3 is 10.5 Å². The Morgan fingerprint density at radius 1 is 1.47 bits per heavy atom. The van der Waals surface area contributed by atoms with Crippen LogP contribution < -0.4 is 10.5 Å². The van der Waals surface area contributed by atoms with Crippen molar-refractivity contribution in [2.45, 2.75) is 38.2 Å². The fourth-order valence-corrected chi connectivity index (χ4v) is 2.75. The smallest absolute Gasteiger partial charge is 0.159 e. The first-order chi connectivity index (χ1) is 9.08. The van der Waals surface area contributed by atoms with Crippen molar-refractivity contribution in [3.63, 3.8) is 0 Å². The molecule has 1 aromatic carbocycles. The maximum Gasteiger partial charge on any atom is 0.159 e. The summed E-state index contributed by atoms with van der Waals surface area (Å²) in [7, 11) is 0. The van der Waals surface area contributed by atoms with Crippen LogP contribution >= 0.6 is 11.8 Å². The Bertz CT molecular complexity index is 421. The molecule has 0 bridgehead atoms. The summed E-state index contributed by atoms with van der Waals surface area (Å²) >= 11 is 1.84. The average molecular weight is 281 g/mol. The van der Waals surface area contributed by atoms with Gasteiger partial charge in [-0.05, 0) is 45.0 Å². The van der Waals surface area contributed by atoms with Crippen LogP contribution in [0.15, 0.2) is 18.2 Å². The second kappa shape index (κ2) is 8.23. The van der Waals surface area contributed by atoms with Crippen LogP contribution in [0.2, 0.25) is 0 Å². The van der Waals surface area contributed by atoms with Crippen LogP contribution in [0, 0.1) is 0 Å². The molecule has 0 aliphatic carbocycles. The lowest BCUT2D eigenvalue weighted by molar-refractivity contribution is 0.101. The van der Waals surface area contributed by atoms with Crippen LogP contribution in [0.5, 0.6) is 5.75 Å². The molecule has 1 rings (SSSR count). The van der Waals surface area contributed by atoms with Crippen LogP contribution in [0.4, 0.5) is 0 Å². The van der Waals surface area contributed by atoms with E-state index in [9.17, 15) is 4.79 Å². The van der Waals surface area contributed by atoms with E-state index in [1.54, 1.807) is 6.92 Å². The summed E-state index contributed by atoms with van der Waals surface area (Å²) in [6, 6.07) is 5.66. The lowest BCUT2D eigenvalue weighted by Gasteiger charge is -2.14. The third kappa shape index (κ3) is 5.25. The van der Waals surface area contributed by atoms with Gasteiger partial charge in [-0.1, -0.05) is 6.92 Å². The zero-order valence-corrected chi connectivity index (χ0v) is 12.8. The molecule has 1 unspecified atom stereocenters. The number of thioether (sulfide) groups is 1. The topological polar surface area (TPSA) is 52.3 Å². The molecular weight excluding hydrogens is 258 g/mol. The number of benzene rings is 1. The maximum absolute atomic E-state index is 11.4. The predicted octanol–water partition coefficient (Wildman–Crippen LogP) is 3.26. The summed E-state index contributed by atoms with van der Waals surface area (Å²) in [5, 5.41) is 0.514. The quantitative estimate of drug-likeness (QED) is 0.743. The first-order valence-electron chi connectivity index (χ1n) is 6.66. The molecule has 2 N–H and O–H groups in total.